The van der Waals surface area contributed by atoms with Crippen molar-refractivity contribution >= 4 is 12.2 Å². The number of carbonyl (C=O) groups excluding carboxylic acids is 1. The minimum absolute atomic E-state index is 0.359. The van der Waals surface area contributed by atoms with Crippen molar-refractivity contribution in [2.45, 2.75) is 25.7 Å². The summed E-state index contributed by atoms with van der Waals surface area (Å²) in [5.74, 6) is -0.359. The van der Waals surface area contributed by atoms with Crippen molar-refractivity contribution in [2.75, 3.05) is 6.61 Å². The molecule has 12 heavy (non-hydrogen) atoms. The highest BCUT2D eigenvalue weighted by Gasteiger charge is 1.93. The van der Waals surface area contributed by atoms with E-state index in [-0.39, 0.29) is 5.97 Å². The van der Waals surface area contributed by atoms with E-state index in [9.17, 15) is 4.79 Å². The highest BCUT2D eigenvalue weighted by molar-refractivity contribution is 5.81. The Kier molecular flexibility index (Phi) is 7.24. The van der Waals surface area contributed by atoms with Gasteiger partial charge in [0.2, 0.25) is 0 Å². The van der Waals surface area contributed by atoms with Gasteiger partial charge in [-0.25, -0.2) is 4.79 Å². The molecule has 0 aromatic carbocycles. The van der Waals surface area contributed by atoms with E-state index in [4.69, 9.17) is 10.1 Å². The van der Waals surface area contributed by atoms with Crippen molar-refractivity contribution in [2.24, 2.45) is 0 Å². The van der Waals surface area contributed by atoms with Crippen LogP contribution >= 0.6 is 0 Å². The smallest absolute Gasteiger partial charge is 0.330 e. The summed E-state index contributed by atoms with van der Waals surface area (Å²) >= 11 is 0. The number of nitrogens with one attached hydrogen (secondary N) is 1. The predicted octanol–water partition coefficient (Wildman–Crippen LogP) is 1.93. The fraction of sp³-hybridized carbons (Fsp3) is 0.556. The third-order valence-corrected chi connectivity index (χ3v) is 1.40. The summed E-state index contributed by atoms with van der Waals surface area (Å²) in [6, 6.07) is 0. The molecule has 0 bridgehead atoms. The van der Waals surface area contributed by atoms with Gasteiger partial charge in [0.25, 0.3) is 0 Å². The van der Waals surface area contributed by atoms with E-state index in [1.165, 1.54) is 6.21 Å². The van der Waals surface area contributed by atoms with E-state index in [1.807, 2.05) is 0 Å². The molecule has 0 amide bonds. The zero-order valence-corrected chi connectivity index (χ0v) is 7.21. The summed E-state index contributed by atoms with van der Waals surface area (Å²) in [4.78, 5) is 10.5. The molecule has 1 N–H and O–H groups in total. The SMILES string of the molecule is C=CC(=O)OCCCCCC=N. The van der Waals surface area contributed by atoms with Gasteiger partial charge in [-0.3, -0.25) is 0 Å². The average molecular weight is 169 g/mol. The van der Waals surface area contributed by atoms with E-state index in [0.29, 0.717) is 6.61 Å². The van der Waals surface area contributed by atoms with Crippen LogP contribution in [0, 0.1) is 5.41 Å². The molecule has 0 radical (unpaired) electrons. The van der Waals surface area contributed by atoms with Crippen molar-refractivity contribution in [1.29, 1.82) is 5.41 Å². The highest BCUT2D eigenvalue weighted by atomic mass is 16.5. The molecule has 3 heteroatoms. The number of hydrogen-bond acceptors (Lipinski definition) is 3. The fourth-order valence-electron chi connectivity index (χ4n) is 0.757. The molecule has 0 aliphatic rings. The molecule has 0 saturated carbocycles. The maximum atomic E-state index is 10.5. The highest BCUT2D eigenvalue weighted by Crippen LogP contribution is 1.98. The monoisotopic (exact) mass is 169 g/mol. The molecule has 0 rings (SSSR count). The van der Waals surface area contributed by atoms with E-state index in [2.05, 4.69) is 6.58 Å². The Labute approximate surface area is 72.9 Å². The lowest BCUT2D eigenvalue weighted by Gasteiger charge is -2.00. The normalized spacial score (nSPS) is 9.00. The van der Waals surface area contributed by atoms with E-state index < -0.39 is 0 Å². The first-order chi connectivity index (χ1) is 5.81. The van der Waals surface area contributed by atoms with Crippen molar-refractivity contribution < 1.29 is 9.53 Å². The topological polar surface area (TPSA) is 50.2 Å². The van der Waals surface area contributed by atoms with Crippen LogP contribution in [-0.4, -0.2) is 18.8 Å². The Morgan fingerprint density at radius 3 is 2.75 bits per heavy atom. The van der Waals surface area contributed by atoms with Gasteiger partial charge in [-0.05, 0) is 31.9 Å². The lowest BCUT2D eigenvalue weighted by molar-refractivity contribution is -0.137. The molecule has 0 fully saturated rings. The van der Waals surface area contributed by atoms with Crippen LogP contribution in [0.4, 0.5) is 0 Å². The second-order valence-electron chi connectivity index (χ2n) is 2.43. The summed E-state index contributed by atoms with van der Waals surface area (Å²) in [5.41, 5.74) is 0. The quantitative estimate of drug-likeness (QED) is 0.274. The van der Waals surface area contributed by atoms with Gasteiger partial charge >= 0.3 is 5.97 Å². The van der Waals surface area contributed by atoms with Gasteiger partial charge in [-0.1, -0.05) is 6.58 Å². The minimum Gasteiger partial charge on any atom is -0.463 e. The Morgan fingerprint density at radius 2 is 2.17 bits per heavy atom. The Hall–Kier alpha value is -1.12. The van der Waals surface area contributed by atoms with Crippen molar-refractivity contribution in [3.63, 3.8) is 0 Å². The van der Waals surface area contributed by atoms with Gasteiger partial charge in [-0.15, -0.1) is 0 Å². The molecule has 0 aromatic heterocycles. The molecule has 0 unspecified atom stereocenters. The fourth-order valence-corrected chi connectivity index (χ4v) is 0.757. The number of carbonyl (C=O) groups is 1. The van der Waals surface area contributed by atoms with Gasteiger partial charge in [-0.2, -0.15) is 0 Å². The van der Waals surface area contributed by atoms with Gasteiger partial charge in [0, 0.05) is 6.08 Å². The first-order valence-electron chi connectivity index (χ1n) is 4.09. The van der Waals surface area contributed by atoms with Crippen LogP contribution in [0.5, 0.6) is 0 Å². The molecule has 0 atom stereocenters. The van der Waals surface area contributed by atoms with Crippen LogP contribution in [0.2, 0.25) is 0 Å². The van der Waals surface area contributed by atoms with Gasteiger partial charge in [0.15, 0.2) is 0 Å². The minimum atomic E-state index is -0.359. The summed E-state index contributed by atoms with van der Waals surface area (Å²) in [5, 5.41) is 6.76. The second-order valence-corrected chi connectivity index (χ2v) is 2.43. The summed E-state index contributed by atoms with van der Waals surface area (Å²) in [6.45, 7) is 3.75. The van der Waals surface area contributed by atoms with Gasteiger partial charge < -0.3 is 10.1 Å². The number of hydrogen-bond donors (Lipinski definition) is 1. The number of ether oxygens (including phenoxy) is 1. The van der Waals surface area contributed by atoms with Crippen LogP contribution in [0.1, 0.15) is 25.7 Å². The first kappa shape index (κ1) is 10.9. The molecule has 0 saturated heterocycles. The average Bonchev–Trinajstić information content (AvgIpc) is 2.10. The largest absolute Gasteiger partial charge is 0.463 e. The van der Waals surface area contributed by atoms with Gasteiger partial charge in [0.05, 0.1) is 6.61 Å². The molecule has 0 aliphatic carbocycles. The lowest BCUT2D eigenvalue weighted by Crippen LogP contribution is -2.01. The summed E-state index contributed by atoms with van der Waals surface area (Å²) < 4.78 is 4.76. The van der Waals surface area contributed by atoms with Gasteiger partial charge in [0.1, 0.15) is 0 Å². The maximum Gasteiger partial charge on any atom is 0.330 e. The molecule has 0 aliphatic heterocycles. The molecular weight excluding hydrogens is 154 g/mol. The molecule has 68 valence electrons. The molecular formula is C9H15NO2. The van der Waals surface area contributed by atoms with Crippen molar-refractivity contribution in [1.82, 2.24) is 0 Å². The van der Waals surface area contributed by atoms with Crippen molar-refractivity contribution in [3.8, 4) is 0 Å². The molecule has 0 spiro atoms. The molecule has 0 aromatic rings. The Bertz CT molecular complexity index is 155. The number of rotatable bonds is 7. The lowest BCUT2D eigenvalue weighted by atomic mass is 10.2. The van der Waals surface area contributed by atoms with Crippen molar-refractivity contribution in [3.05, 3.63) is 12.7 Å². The van der Waals surface area contributed by atoms with Crippen LogP contribution in [0.25, 0.3) is 0 Å². The number of esters is 1. The summed E-state index contributed by atoms with van der Waals surface area (Å²) in [6.07, 6.45) is 6.24. The third kappa shape index (κ3) is 6.99. The van der Waals surface area contributed by atoms with E-state index in [1.54, 1.807) is 0 Å². The predicted molar refractivity (Wildman–Crippen MR) is 48.4 cm³/mol. The van der Waals surface area contributed by atoms with E-state index in [0.717, 1.165) is 31.8 Å². The summed E-state index contributed by atoms with van der Waals surface area (Å²) in [7, 11) is 0. The standard InChI is InChI=1S/C9H15NO2/c1-2-9(11)12-8-6-4-3-5-7-10/h2,7,10H,1,3-6,8H2. The molecule has 3 nitrogen and oxygen atoms in total. The maximum absolute atomic E-state index is 10.5. The van der Waals surface area contributed by atoms with Crippen LogP contribution < -0.4 is 0 Å². The zero-order valence-electron chi connectivity index (χ0n) is 7.21. The first-order valence-corrected chi connectivity index (χ1v) is 4.09. The Balaban J connectivity index is 3.05. The van der Waals surface area contributed by atoms with Crippen LogP contribution in [-0.2, 0) is 9.53 Å². The van der Waals surface area contributed by atoms with E-state index >= 15 is 0 Å². The van der Waals surface area contributed by atoms with Crippen LogP contribution in [0.3, 0.4) is 0 Å². The third-order valence-electron chi connectivity index (χ3n) is 1.40. The second kappa shape index (κ2) is 7.98. The van der Waals surface area contributed by atoms with Crippen LogP contribution in [0.15, 0.2) is 12.7 Å². The zero-order chi connectivity index (χ0) is 9.23. The molecule has 0 heterocycles. The Morgan fingerprint density at radius 1 is 1.42 bits per heavy atom. The number of unbranched alkanes of at least 4 members (excludes halogenated alkanes) is 3.